The number of aromatic amines is 1. The van der Waals surface area contributed by atoms with Crippen LogP contribution in [0.2, 0.25) is 0 Å². The highest BCUT2D eigenvalue weighted by molar-refractivity contribution is 5.70. The molecule has 2 heterocycles. The fraction of sp³-hybridized carbons (Fsp3) is 0.118. The minimum atomic E-state index is 0.234. The molecule has 2 aromatic heterocycles. The van der Waals surface area contributed by atoms with E-state index in [0.717, 1.165) is 16.8 Å². The number of nitrogens with two attached hydrogens (primary N) is 1. The molecule has 120 valence electrons. The maximum Gasteiger partial charge on any atom is 0.235 e. The lowest BCUT2D eigenvalue weighted by Crippen LogP contribution is -2.04. The van der Waals surface area contributed by atoms with Crippen molar-refractivity contribution in [1.82, 2.24) is 15.2 Å². The van der Waals surface area contributed by atoms with E-state index in [1.807, 2.05) is 43.5 Å². The van der Waals surface area contributed by atoms with E-state index >= 15 is 0 Å². The average Bonchev–Trinajstić information content (AvgIpc) is 3.10. The molecular weight excluding hydrogens is 304 g/mol. The monoisotopic (exact) mass is 320 g/mol. The number of benzene rings is 1. The first kappa shape index (κ1) is 15.4. The van der Waals surface area contributed by atoms with Gasteiger partial charge in [0.15, 0.2) is 0 Å². The SMILES string of the molecule is CCOc1nc(Nc2ccc(-c3cn[nH]c3)cc2)cc(N)c1C#N. The minimum Gasteiger partial charge on any atom is -0.477 e. The molecule has 0 saturated carbocycles. The molecule has 0 aliphatic carbocycles. The fourth-order valence-electron chi connectivity index (χ4n) is 2.26. The first-order chi connectivity index (χ1) is 11.7. The number of nitrogen functional groups attached to an aromatic ring is 1. The Morgan fingerprint density at radius 1 is 1.29 bits per heavy atom. The van der Waals surface area contributed by atoms with E-state index in [0.29, 0.717) is 18.1 Å². The number of hydrogen-bond donors (Lipinski definition) is 3. The van der Waals surface area contributed by atoms with E-state index < -0.39 is 0 Å². The number of ether oxygens (including phenoxy) is 1. The van der Waals surface area contributed by atoms with Crippen molar-refractivity contribution in [1.29, 1.82) is 5.26 Å². The summed E-state index contributed by atoms with van der Waals surface area (Å²) in [4.78, 5) is 4.31. The molecule has 3 rings (SSSR count). The highest BCUT2D eigenvalue weighted by Crippen LogP contribution is 2.27. The highest BCUT2D eigenvalue weighted by atomic mass is 16.5. The second-order valence-electron chi connectivity index (χ2n) is 5.01. The molecule has 0 fully saturated rings. The first-order valence-corrected chi connectivity index (χ1v) is 7.41. The molecule has 24 heavy (non-hydrogen) atoms. The largest absolute Gasteiger partial charge is 0.477 e. The van der Waals surface area contributed by atoms with Crippen molar-refractivity contribution in [2.45, 2.75) is 6.92 Å². The van der Waals surface area contributed by atoms with Crippen LogP contribution < -0.4 is 15.8 Å². The Bertz CT molecular complexity index is 865. The number of nitrogens with zero attached hydrogens (tertiary/aromatic N) is 3. The lowest BCUT2D eigenvalue weighted by Gasteiger charge is -2.11. The van der Waals surface area contributed by atoms with Crippen LogP contribution in [0.3, 0.4) is 0 Å². The van der Waals surface area contributed by atoms with Crippen LogP contribution in [0.5, 0.6) is 5.88 Å². The molecule has 7 heteroatoms. The topological polar surface area (TPSA) is 113 Å². The van der Waals surface area contributed by atoms with Crippen LogP contribution in [0.4, 0.5) is 17.2 Å². The van der Waals surface area contributed by atoms with Gasteiger partial charge in [-0.15, -0.1) is 0 Å². The van der Waals surface area contributed by atoms with Crippen LogP contribution in [0.25, 0.3) is 11.1 Å². The van der Waals surface area contributed by atoms with Gasteiger partial charge in [-0.2, -0.15) is 15.3 Å². The van der Waals surface area contributed by atoms with Gasteiger partial charge in [-0.1, -0.05) is 12.1 Å². The molecule has 0 bridgehead atoms. The van der Waals surface area contributed by atoms with Gasteiger partial charge in [0.1, 0.15) is 17.5 Å². The van der Waals surface area contributed by atoms with Gasteiger partial charge in [-0.05, 0) is 24.6 Å². The molecule has 7 nitrogen and oxygen atoms in total. The van der Waals surface area contributed by atoms with Crippen LogP contribution in [0, 0.1) is 11.3 Å². The molecule has 0 saturated heterocycles. The van der Waals surface area contributed by atoms with Gasteiger partial charge < -0.3 is 15.8 Å². The maximum absolute atomic E-state index is 9.15. The van der Waals surface area contributed by atoms with Gasteiger partial charge in [-0.3, -0.25) is 5.10 Å². The van der Waals surface area contributed by atoms with Crippen molar-refractivity contribution in [3.8, 4) is 23.1 Å². The first-order valence-electron chi connectivity index (χ1n) is 7.41. The quantitative estimate of drug-likeness (QED) is 0.666. The van der Waals surface area contributed by atoms with Crippen LogP contribution in [-0.4, -0.2) is 21.8 Å². The van der Waals surface area contributed by atoms with Gasteiger partial charge in [0.2, 0.25) is 5.88 Å². The lowest BCUT2D eigenvalue weighted by molar-refractivity contribution is 0.326. The summed E-state index contributed by atoms with van der Waals surface area (Å²) in [6.45, 7) is 2.23. The number of hydrogen-bond acceptors (Lipinski definition) is 6. The van der Waals surface area contributed by atoms with Gasteiger partial charge in [0.25, 0.3) is 0 Å². The van der Waals surface area contributed by atoms with Gasteiger partial charge in [-0.25, -0.2) is 0 Å². The molecule has 0 amide bonds. The van der Waals surface area contributed by atoms with Crippen molar-refractivity contribution in [3.63, 3.8) is 0 Å². The van der Waals surface area contributed by atoms with E-state index in [4.69, 9.17) is 15.7 Å². The second-order valence-corrected chi connectivity index (χ2v) is 5.01. The molecule has 0 unspecified atom stereocenters. The predicted molar refractivity (Wildman–Crippen MR) is 91.8 cm³/mol. The summed E-state index contributed by atoms with van der Waals surface area (Å²) in [7, 11) is 0. The summed E-state index contributed by atoms with van der Waals surface area (Å²) >= 11 is 0. The Balaban J connectivity index is 1.84. The maximum atomic E-state index is 9.15. The zero-order valence-corrected chi connectivity index (χ0v) is 13.1. The molecule has 0 atom stereocenters. The summed E-state index contributed by atoms with van der Waals surface area (Å²) in [5.74, 6) is 0.753. The van der Waals surface area contributed by atoms with Crippen molar-refractivity contribution in [2.75, 3.05) is 17.7 Å². The summed E-state index contributed by atoms with van der Waals surface area (Å²) < 4.78 is 5.39. The molecule has 0 aliphatic heterocycles. The van der Waals surface area contributed by atoms with Crippen LogP contribution in [0.15, 0.2) is 42.7 Å². The standard InChI is InChI=1S/C17H16N6O/c1-2-24-17-14(8-18)15(19)7-16(23-17)22-13-5-3-11(4-6-13)12-9-20-21-10-12/h3-7,9-10H,2H2,1H3,(H,20,21)(H3,19,22,23). The normalized spacial score (nSPS) is 10.2. The molecule has 0 spiro atoms. The molecule has 1 aromatic carbocycles. The zero-order chi connectivity index (χ0) is 16.9. The lowest BCUT2D eigenvalue weighted by atomic mass is 10.1. The summed E-state index contributed by atoms with van der Waals surface area (Å²) in [5.41, 5.74) is 9.40. The third kappa shape index (κ3) is 3.13. The number of aromatic nitrogens is 3. The number of nitrogens with one attached hydrogen (secondary N) is 2. The Morgan fingerprint density at radius 2 is 2.08 bits per heavy atom. The number of H-pyrrole nitrogens is 1. The van der Waals surface area contributed by atoms with Crippen molar-refractivity contribution < 1.29 is 4.74 Å². The third-order valence-electron chi connectivity index (χ3n) is 3.40. The number of rotatable bonds is 5. The zero-order valence-electron chi connectivity index (χ0n) is 13.1. The van der Waals surface area contributed by atoms with Crippen molar-refractivity contribution in [2.24, 2.45) is 0 Å². The number of pyridine rings is 1. The van der Waals surface area contributed by atoms with Crippen LogP contribution in [-0.2, 0) is 0 Å². The number of anilines is 3. The second kappa shape index (κ2) is 6.71. The van der Waals surface area contributed by atoms with E-state index in [9.17, 15) is 0 Å². The van der Waals surface area contributed by atoms with Gasteiger partial charge in [0, 0.05) is 23.5 Å². The van der Waals surface area contributed by atoms with Gasteiger partial charge in [0.05, 0.1) is 18.5 Å². The minimum absolute atomic E-state index is 0.234. The summed E-state index contributed by atoms with van der Waals surface area (Å²) in [6.07, 6.45) is 3.60. The summed E-state index contributed by atoms with van der Waals surface area (Å²) in [5, 5.41) is 19.0. The van der Waals surface area contributed by atoms with E-state index in [-0.39, 0.29) is 11.4 Å². The average molecular weight is 320 g/mol. The smallest absolute Gasteiger partial charge is 0.235 e. The van der Waals surface area contributed by atoms with Crippen LogP contribution >= 0.6 is 0 Å². The summed E-state index contributed by atoms with van der Waals surface area (Å²) in [6, 6.07) is 11.4. The number of nitriles is 1. The Kier molecular flexibility index (Phi) is 4.29. The molecule has 0 aliphatic rings. The third-order valence-corrected chi connectivity index (χ3v) is 3.40. The predicted octanol–water partition coefficient (Wildman–Crippen LogP) is 3.07. The molecule has 4 N–H and O–H groups in total. The Labute approximate surface area is 139 Å². The fourth-order valence-corrected chi connectivity index (χ4v) is 2.26. The molecular formula is C17H16N6O. The highest BCUT2D eigenvalue weighted by Gasteiger charge is 2.12. The van der Waals surface area contributed by atoms with Crippen molar-refractivity contribution >= 4 is 17.2 Å². The van der Waals surface area contributed by atoms with Crippen molar-refractivity contribution in [3.05, 3.63) is 48.3 Å². The Morgan fingerprint density at radius 3 is 2.71 bits per heavy atom. The van der Waals surface area contributed by atoms with E-state index in [1.54, 1.807) is 12.3 Å². The van der Waals surface area contributed by atoms with E-state index in [1.165, 1.54) is 0 Å². The van der Waals surface area contributed by atoms with Gasteiger partial charge >= 0.3 is 0 Å². The molecule has 3 aromatic rings. The van der Waals surface area contributed by atoms with Crippen LogP contribution in [0.1, 0.15) is 12.5 Å². The Hall–Kier alpha value is -3.53. The van der Waals surface area contributed by atoms with E-state index in [2.05, 4.69) is 20.5 Å². The molecule has 0 radical (unpaired) electrons.